The molecule has 0 spiro atoms. The molecule has 1 unspecified atom stereocenters. The van der Waals surface area contributed by atoms with Crippen molar-refractivity contribution in [1.29, 1.82) is 0 Å². The van der Waals surface area contributed by atoms with Crippen molar-refractivity contribution in [2.24, 2.45) is 11.8 Å². The zero-order valence-corrected chi connectivity index (χ0v) is 20.0. The van der Waals surface area contributed by atoms with Crippen LogP contribution in [0.4, 0.5) is 14.5 Å². The van der Waals surface area contributed by atoms with Crippen molar-refractivity contribution >= 4 is 46.7 Å². The van der Waals surface area contributed by atoms with E-state index in [-0.39, 0.29) is 41.1 Å². The van der Waals surface area contributed by atoms with Gasteiger partial charge in [-0.2, -0.15) is 0 Å². The first-order chi connectivity index (χ1) is 16.4. The highest BCUT2D eigenvalue weighted by Crippen LogP contribution is 2.39. The lowest BCUT2D eigenvalue weighted by Gasteiger charge is -2.21. The van der Waals surface area contributed by atoms with Crippen molar-refractivity contribution < 1.29 is 32.8 Å². The van der Waals surface area contributed by atoms with E-state index in [9.17, 15) is 32.8 Å². The predicted octanol–water partition coefficient (Wildman–Crippen LogP) is 2.04. The molecule has 1 aromatic rings. The number of hydrogen-bond acceptors (Lipinski definition) is 5. The van der Waals surface area contributed by atoms with Crippen LogP contribution in [0.3, 0.4) is 0 Å². The van der Waals surface area contributed by atoms with E-state index < -0.39 is 60.1 Å². The Labute approximate surface area is 205 Å². The van der Waals surface area contributed by atoms with E-state index in [0.29, 0.717) is 6.42 Å². The minimum absolute atomic E-state index is 0.0124. The van der Waals surface area contributed by atoms with E-state index in [0.717, 1.165) is 0 Å². The molecule has 1 heterocycles. The molecule has 3 rings (SSSR count). The Hall–Kier alpha value is -3.08. The third-order valence-corrected chi connectivity index (χ3v) is 6.48. The third kappa shape index (κ3) is 6.53. The highest BCUT2D eigenvalue weighted by atomic mass is 35.5. The van der Waals surface area contributed by atoms with Crippen LogP contribution in [-0.2, 0) is 19.2 Å². The molecular formula is C23H27ClF2N4O5. The molecule has 1 saturated carbocycles. The molecule has 1 aliphatic heterocycles. The number of amides is 4. The number of halogens is 3. The van der Waals surface area contributed by atoms with Gasteiger partial charge in [0.2, 0.25) is 23.5 Å². The highest BCUT2D eigenvalue weighted by Gasteiger charge is 2.42. The smallest absolute Gasteiger partial charge is 0.289 e. The number of likely N-dealkylation sites (N-methyl/N-ethyl adjacent to an activating group) is 1. The maximum atomic E-state index is 13.5. The Kier molecular flexibility index (Phi) is 8.09. The molecule has 0 radical (unpaired) electrons. The molecule has 2 fully saturated rings. The summed E-state index contributed by atoms with van der Waals surface area (Å²) in [5.74, 6) is -8.07. The second-order valence-electron chi connectivity index (χ2n) is 9.02. The molecule has 4 amide bonds. The molecule has 1 aromatic carbocycles. The topological polar surface area (TPSA) is 133 Å². The van der Waals surface area contributed by atoms with E-state index in [2.05, 4.69) is 21.3 Å². The van der Waals surface area contributed by atoms with Gasteiger partial charge in [0.25, 0.3) is 11.8 Å². The summed E-state index contributed by atoms with van der Waals surface area (Å²) in [5.41, 5.74) is -0.0972. The standard InChI is InChI=1S/C23H27ClF2N4O5/c1-11-7-13(20(33)28-11)8-17(18(31)22(35)27-2)30-21(34)15-9-14(24)3-4-16(15)29-19(32)12-5-6-23(25,26)10-12/h3-4,9,11-13,17H,5-8,10H2,1-2H3,(H,27,35)(H,28,33)(H,29,32)(H,30,34)/t11-,12?,13+,17+/m1/s1. The van der Waals surface area contributed by atoms with E-state index in [1.807, 2.05) is 0 Å². The fraction of sp³-hybridized carbons (Fsp3) is 0.522. The number of rotatable bonds is 8. The van der Waals surface area contributed by atoms with Crippen LogP contribution in [0.15, 0.2) is 18.2 Å². The number of nitrogens with one attached hydrogen (secondary N) is 4. The first-order valence-electron chi connectivity index (χ1n) is 11.3. The monoisotopic (exact) mass is 512 g/mol. The Morgan fingerprint density at radius 1 is 1.26 bits per heavy atom. The average molecular weight is 513 g/mol. The van der Waals surface area contributed by atoms with Gasteiger partial charge in [-0.05, 0) is 44.4 Å². The van der Waals surface area contributed by atoms with Crippen LogP contribution in [0, 0.1) is 11.8 Å². The fourth-order valence-electron chi connectivity index (χ4n) is 4.41. The van der Waals surface area contributed by atoms with Gasteiger partial charge < -0.3 is 21.3 Å². The molecule has 1 aliphatic carbocycles. The summed E-state index contributed by atoms with van der Waals surface area (Å²) in [6, 6.07) is 2.58. The van der Waals surface area contributed by atoms with Gasteiger partial charge in [0.05, 0.1) is 17.3 Å². The lowest BCUT2D eigenvalue weighted by atomic mass is 9.93. The van der Waals surface area contributed by atoms with Gasteiger partial charge in [0.15, 0.2) is 0 Å². The second kappa shape index (κ2) is 10.7. The van der Waals surface area contributed by atoms with Crippen LogP contribution >= 0.6 is 11.6 Å². The Morgan fingerprint density at radius 3 is 2.54 bits per heavy atom. The minimum Gasteiger partial charge on any atom is -0.353 e. The van der Waals surface area contributed by atoms with Crippen molar-refractivity contribution in [3.05, 3.63) is 28.8 Å². The molecule has 9 nitrogen and oxygen atoms in total. The lowest BCUT2D eigenvalue weighted by Crippen LogP contribution is -2.48. The average Bonchev–Trinajstić information content (AvgIpc) is 3.32. The van der Waals surface area contributed by atoms with Crippen molar-refractivity contribution in [3.63, 3.8) is 0 Å². The summed E-state index contributed by atoms with van der Waals surface area (Å²) in [6.07, 6.45) is -0.642. The fourth-order valence-corrected chi connectivity index (χ4v) is 4.58. The molecule has 12 heteroatoms. The number of benzene rings is 1. The lowest BCUT2D eigenvalue weighted by molar-refractivity contribution is -0.139. The van der Waals surface area contributed by atoms with E-state index in [1.165, 1.54) is 25.2 Å². The van der Waals surface area contributed by atoms with Crippen LogP contribution < -0.4 is 21.3 Å². The summed E-state index contributed by atoms with van der Waals surface area (Å²) in [4.78, 5) is 62.5. The maximum Gasteiger partial charge on any atom is 0.289 e. The highest BCUT2D eigenvalue weighted by molar-refractivity contribution is 6.38. The van der Waals surface area contributed by atoms with Gasteiger partial charge >= 0.3 is 0 Å². The number of carbonyl (C=O) groups is 5. The Bertz CT molecular complexity index is 1050. The number of alkyl halides is 2. The van der Waals surface area contributed by atoms with E-state index in [1.54, 1.807) is 6.92 Å². The molecule has 2 aliphatic rings. The van der Waals surface area contributed by atoms with Crippen LogP contribution in [0.5, 0.6) is 0 Å². The quantitative estimate of drug-likeness (QED) is 0.396. The molecule has 1 saturated heterocycles. The zero-order chi connectivity index (χ0) is 25.9. The zero-order valence-electron chi connectivity index (χ0n) is 19.3. The van der Waals surface area contributed by atoms with Crippen molar-refractivity contribution in [2.45, 2.75) is 57.0 Å². The van der Waals surface area contributed by atoms with Crippen LogP contribution in [0.1, 0.15) is 49.4 Å². The molecular weight excluding hydrogens is 486 g/mol. The number of carbonyl (C=O) groups excluding carboxylic acids is 5. The van der Waals surface area contributed by atoms with Gasteiger partial charge in [0.1, 0.15) is 0 Å². The summed E-state index contributed by atoms with van der Waals surface area (Å²) in [7, 11) is 1.26. The summed E-state index contributed by atoms with van der Waals surface area (Å²) in [5, 5.41) is 10.1. The van der Waals surface area contributed by atoms with Crippen LogP contribution in [-0.4, -0.2) is 54.5 Å². The Morgan fingerprint density at radius 2 is 1.97 bits per heavy atom. The molecule has 4 atom stereocenters. The summed E-state index contributed by atoms with van der Waals surface area (Å²) in [6.45, 7) is 1.80. The minimum atomic E-state index is -2.92. The van der Waals surface area contributed by atoms with Crippen LogP contribution in [0.25, 0.3) is 0 Å². The normalized spacial score (nSPS) is 23.8. The summed E-state index contributed by atoms with van der Waals surface area (Å²) < 4.78 is 27.1. The Balaban J connectivity index is 1.80. The van der Waals surface area contributed by atoms with Crippen LogP contribution in [0.2, 0.25) is 5.02 Å². The number of hydrogen-bond donors (Lipinski definition) is 4. The van der Waals surface area contributed by atoms with Gasteiger partial charge in [-0.15, -0.1) is 0 Å². The van der Waals surface area contributed by atoms with Gasteiger partial charge in [-0.1, -0.05) is 11.6 Å². The van der Waals surface area contributed by atoms with Crippen molar-refractivity contribution in [3.8, 4) is 0 Å². The third-order valence-electron chi connectivity index (χ3n) is 6.25. The van der Waals surface area contributed by atoms with Gasteiger partial charge in [0, 0.05) is 42.8 Å². The predicted molar refractivity (Wildman–Crippen MR) is 123 cm³/mol. The number of Topliss-reactive ketones (excluding diaryl/α,β-unsaturated/α-hetero) is 1. The van der Waals surface area contributed by atoms with Gasteiger partial charge in [-0.3, -0.25) is 24.0 Å². The molecule has 0 bridgehead atoms. The molecule has 0 aromatic heterocycles. The van der Waals surface area contributed by atoms with E-state index >= 15 is 0 Å². The first kappa shape index (κ1) is 26.5. The van der Waals surface area contributed by atoms with Crippen molar-refractivity contribution in [2.75, 3.05) is 12.4 Å². The summed E-state index contributed by atoms with van der Waals surface area (Å²) >= 11 is 6.03. The largest absolute Gasteiger partial charge is 0.353 e. The van der Waals surface area contributed by atoms with E-state index in [4.69, 9.17) is 11.6 Å². The number of ketones is 1. The maximum absolute atomic E-state index is 13.5. The second-order valence-corrected chi connectivity index (χ2v) is 9.46. The SMILES string of the molecule is CNC(=O)C(=O)[C@H](C[C@@H]1C[C@@H](C)NC1=O)NC(=O)c1cc(Cl)ccc1NC(=O)C1CCC(F)(F)C1. The molecule has 190 valence electrons. The molecule has 4 N–H and O–H groups in total. The number of anilines is 1. The van der Waals surface area contributed by atoms with Gasteiger partial charge in [-0.25, -0.2) is 8.78 Å². The first-order valence-corrected chi connectivity index (χ1v) is 11.6. The molecule has 35 heavy (non-hydrogen) atoms. The van der Waals surface area contributed by atoms with Crippen molar-refractivity contribution in [1.82, 2.24) is 16.0 Å².